The van der Waals surface area contributed by atoms with Crippen LogP contribution in [0.5, 0.6) is 0 Å². The molecule has 0 aromatic rings. The minimum absolute atomic E-state index is 0.353. The van der Waals surface area contributed by atoms with Crippen LogP contribution < -0.4 is 0 Å². The van der Waals surface area contributed by atoms with E-state index in [0.29, 0.717) is 19.0 Å². The van der Waals surface area contributed by atoms with Crippen LogP contribution in [-0.2, 0) is 0 Å². The number of hydrogen-bond acceptors (Lipinski definition) is 0. The van der Waals surface area contributed by atoms with Crippen molar-refractivity contribution in [3.05, 3.63) is 0 Å². The van der Waals surface area contributed by atoms with Crippen molar-refractivity contribution in [2.75, 3.05) is 0 Å². The maximum atomic E-state index is 2.48. The van der Waals surface area contributed by atoms with Crippen molar-refractivity contribution in [3.63, 3.8) is 0 Å². The molecule has 1 saturated carbocycles. The molecule has 1 aliphatic carbocycles. The first-order valence-electron chi connectivity index (χ1n) is 4.86. The lowest BCUT2D eigenvalue weighted by Crippen LogP contribution is -2.12. The molecular weight excluding hydrogens is 152 g/mol. The lowest BCUT2D eigenvalue weighted by Gasteiger charge is -2.26. The Morgan fingerprint density at radius 1 is 0.800 bits per heavy atom. The third kappa shape index (κ3) is 2.24. The highest BCUT2D eigenvalue weighted by atomic mass is 28.2. The van der Waals surface area contributed by atoms with E-state index in [2.05, 4.69) is 13.1 Å². The van der Waals surface area contributed by atoms with Crippen molar-refractivity contribution in [2.45, 2.75) is 49.9 Å². The lowest BCUT2D eigenvalue weighted by molar-refractivity contribution is 0.498. The molecule has 1 aliphatic rings. The molecule has 0 nitrogen and oxygen atoms in total. The highest BCUT2D eigenvalue weighted by Crippen LogP contribution is 2.34. The van der Waals surface area contributed by atoms with Crippen LogP contribution in [0.2, 0.25) is 24.2 Å². The van der Waals surface area contributed by atoms with Gasteiger partial charge < -0.3 is 0 Å². The maximum Gasteiger partial charge on any atom is 0.0201 e. The van der Waals surface area contributed by atoms with Crippen molar-refractivity contribution >= 4 is 19.0 Å². The molecule has 0 aromatic heterocycles. The summed E-state index contributed by atoms with van der Waals surface area (Å²) in [6.07, 6.45) is 6.42. The Balaban J connectivity index is 2.17. The highest BCUT2D eigenvalue weighted by Gasteiger charge is 2.18. The molecule has 0 N–H and O–H groups in total. The Morgan fingerprint density at radius 3 is 1.30 bits per heavy atom. The summed E-state index contributed by atoms with van der Waals surface area (Å²) in [4.78, 5) is 0. The predicted octanol–water partition coefficient (Wildman–Crippen LogP) is 1.57. The van der Waals surface area contributed by atoms with Gasteiger partial charge in [-0.3, -0.25) is 0 Å². The van der Waals surface area contributed by atoms with Crippen LogP contribution in [0.25, 0.3) is 0 Å². The van der Waals surface area contributed by atoms with Crippen LogP contribution in [0, 0.1) is 0 Å². The van der Waals surface area contributed by atoms with Gasteiger partial charge in [0.05, 0.1) is 0 Å². The molecule has 0 spiro atoms. The summed E-state index contributed by atoms with van der Waals surface area (Å²) in [6.45, 7) is 4.96. The van der Waals surface area contributed by atoms with E-state index in [1.807, 2.05) is 0 Å². The van der Waals surface area contributed by atoms with Crippen LogP contribution in [0.1, 0.15) is 25.7 Å². The number of hydrogen-bond donors (Lipinski definition) is 0. The van der Waals surface area contributed by atoms with Crippen molar-refractivity contribution in [2.24, 2.45) is 0 Å². The van der Waals surface area contributed by atoms with Gasteiger partial charge in [0.1, 0.15) is 0 Å². The van der Waals surface area contributed by atoms with E-state index in [-0.39, 0.29) is 0 Å². The fourth-order valence-electron chi connectivity index (χ4n) is 2.05. The molecule has 10 heavy (non-hydrogen) atoms. The van der Waals surface area contributed by atoms with Gasteiger partial charge in [0.2, 0.25) is 0 Å². The molecule has 60 valence electrons. The third-order valence-electron chi connectivity index (χ3n) is 3.12. The zero-order chi connectivity index (χ0) is 7.40. The van der Waals surface area contributed by atoms with Gasteiger partial charge in [0, 0.05) is 19.0 Å². The molecule has 0 aromatic carbocycles. The van der Waals surface area contributed by atoms with Crippen LogP contribution in [0.3, 0.4) is 0 Å². The average molecular weight is 172 g/mol. The van der Waals surface area contributed by atoms with Crippen molar-refractivity contribution < 1.29 is 0 Å². The fraction of sp³-hybridized carbons (Fsp3) is 1.00. The van der Waals surface area contributed by atoms with Gasteiger partial charge in [-0.2, -0.15) is 0 Å². The zero-order valence-electron chi connectivity index (χ0n) is 7.40. The second-order valence-corrected chi connectivity index (χ2v) is 7.65. The summed E-state index contributed by atoms with van der Waals surface area (Å²) < 4.78 is 0. The van der Waals surface area contributed by atoms with E-state index in [1.165, 1.54) is 11.1 Å². The molecule has 0 atom stereocenters. The third-order valence-corrected chi connectivity index (χ3v) is 7.06. The lowest BCUT2D eigenvalue weighted by atomic mass is 9.99. The van der Waals surface area contributed by atoms with Crippen LogP contribution in [-0.4, -0.2) is 19.0 Å². The minimum atomic E-state index is 0.353. The first-order valence-corrected chi connectivity index (χ1v) is 9.33. The summed E-state index contributed by atoms with van der Waals surface area (Å²) >= 11 is 0. The van der Waals surface area contributed by atoms with Crippen LogP contribution >= 0.6 is 0 Å². The summed E-state index contributed by atoms with van der Waals surface area (Å²) in [5.41, 5.74) is 2.47. The van der Waals surface area contributed by atoms with Gasteiger partial charge in [-0.25, -0.2) is 0 Å². The van der Waals surface area contributed by atoms with E-state index in [9.17, 15) is 0 Å². The molecule has 2 heteroatoms. The van der Waals surface area contributed by atoms with E-state index in [4.69, 9.17) is 0 Å². The molecule has 0 bridgehead atoms. The van der Waals surface area contributed by atoms with Gasteiger partial charge in [-0.05, 0) is 0 Å². The van der Waals surface area contributed by atoms with Crippen molar-refractivity contribution in [1.82, 2.24) is 0 Å². The highest BCUT2D eigenvalue weighted by molar-refractivity contribution is 6.37. The minimum Gasteiger partial charge on any atom is -0.0746 e. The topological polar surface area (TPSA) is 0 Å². The van der Waals surface area contributed by atoms with Gasteiger partial charge in [-0.1, -0.05) is 49.9 Å². The molecule has 0 radical (unpaired) electrons. The van der Waals surface area contributed by atoms with E-state index < -0.39 is 0 Å². The molecule has 1 rings (SSSR count). The van der Waals surface area contributed by atoms with Gasteiger partial charge in [0.25, 0.3) is 0 Å². The molecule has 0 amide bonds. The van der Waals surface area contributed by atoms with Crippen molar-refractivity contribution in [1.29, 1.82) is 0 Å². The SMILES string of the molecule is C[SiH2]C1CCC([SiH2]C)CC1. The summed E-state index contributed by atoms with van der Waals surface area (Å²) in [5, 5.41) is 0. The molecule has 1 fully saturated rings. The normalized spacial score (nSPS) is 36.6. The Hall–Kier alpha value is 0.434. The second-order valence-electron chi connectivity index (χ2n) is 3.70. The first kappa shape index (κ1) is 8.53. The van der Waals surface area contributed by atoms with Crippen LogP contribution in [0.4, 0.5) is 0 Å². The molecule has 0 unspecified atom stereocenters. The van der Waals surface area contributed by atoms with Crippen molar-refractivity contribution in [3.8, 4) is 0 Å². The van der Waals surface area contributed by atoms with E-state index >= 15 is 0 Å². The maximum absolute atomic E-state index is 2.48. The Kier molecular flexibility index (Phi) is 3.70. The van der Waals surface area contributed by atoms with Gasteiger partial charge >= 0.3 is 0 Å². The monoisotopic (exact) mass is 172 g/mol. The average Bonchev–Trinajstić information content (AvgIpc) is 2.05. The van der Waals surface area contributed by atoms with Gasteiger partial charge in [-0.15, -0.1) is 0 Å². The Bertz CT molecular complexity index is 73.3. The standard InChI is InChI=1S/C8H20Si2/c1-9-7-3-5-8(10-2)6-4-7/h7-8H,3-6,9-10H2,1-2H3. The molecule has 0 aliphatic heterocycles. The van der Waals surface area contributed by atoms with E-state index in [1.54, 1.807) is 25.7 Å². The molecule has 0 heterocycles. The summed E-state index contributed by atoms with van der Waals surface area (Å²) in [7, 11) is 0.707. The predicted molar refractivity (Wildman–Crippen MR) is 54.8 cm³/mol. The Labute approximate surface area is 69.4 Å². The second kappa shape index (κ2) is 4.34. The first-order chi connectivity index (χ1) is 4.86. The summed E-state index contributed by atoms with van der Waals surface area (Å²) in [6, 6.07) is 0. The molecular formula is C8H20Si2. The smallest absolute Gasteiger partial charge is 0.0201 e. The molecule has 0 saturated heterocycles. The van der Waals surface area contributed by atoms with E-state index in [0.717, 1.165) is 0 Å². The summed E-state index contributed by atoms with van der Waals surface area (Å²) in [5.74, 6) is 0. The Morgan fingerprint density at radius 2 is 1.10 bits per heavy atom. The van der Waals surface area contributed by atoms with Crippen LogP contribution in [0.15, 0.2) is 0 Å². The fourth-order valence-corrected chi connectivity index (χ4v) is 4.62. The van der Waals surface area contributed by atoms with Gasteiger partial charge in [0.15, 0.2) is 0 Å². The quantitative estimate of drug-likeness (QED) is 0.555. The number of rotatable bonds is 2. The largest absolute Gasteiger partial charge is 0.0746 e. The zero-order valence-corrected chi connectivity index (χ0v) is 10.2.